The molecule has 0 fully saturated rings. The van der Waals surface area contributed by atoms with Crippen LogP contribution in [0.4, 0.5) is 0 Å². The summed E-state index contributed by atoms with van der Waals surface area (Å²) in [5.41, 5.74) is 5.65. The molecule has 13 heavy (non-hydrogen) atoms. The van der Waals surface area contributed by atoms with Crippen LogP contribution in [0.3, 0.4) is 0 Å². The Labute approximate surface area is 83.7 Å². The van der Waals surface area contributed by atoms with E-state index in [0.29, 0.717) is 0 Å². The second-order valence-corrected chi connectivity index (χ2v) is 3.92. The van der Waals surface area contributed by atoms with Crippen LogP contribution in [-0.4, -0.2) is 37.2 Å². The maximum atomic E-state index is 5.65. The highest BCUT2D eigenvalue weighted by Crippen LogP contribution is 2.09. The largest absolute Gasteiger partial charge is 0.326 e. The van der Waals surface area contributed by atoms with Gasteiger partial charge in [0.25, 0.3) is 0 Å². The molecule has 0 heterocycles. The summed E-state index contributed by atoms with van der Waals surface area (Å²) >= 11 is 0. The van der Waals surface area contributed by atoms with E-state index in [-0.39, 0.29) is 0 Å². The molecule has 2 N–H and O–H groups in total. The summed E-state index contributed by atoms with van der Waals surface area (Å²) in [5, 5.41) is 0. The van der Waals surface area contributed by atoms with E-state index in [1.165, 1.54) is 43.4 Å². The maximum Gasteiger partial charge on any atom is 0.0911 e. The van der Waals surface area contributed by atoms with Crippen LogP contribution in [-0.2, 0) is 0 Å². The predicted octanol–water partition coefficient (Wildman–Crippen LogP) is 1.99. The van der Waals surface area contributed by atoms with Gasteiger partial charge in [0.1, 0.15) is 0 Å². The molecule has 0 aliphatic rings. The Morgan fingerprint density at radius 1 is 0.923 bits per heavy atom. The summed E-state index contributed by atoms with van der Waals surface area (Å²) in [7, 11) is 0. The molecule has 2 nitrogen and oxygen atoms in total. The van der Waals surface area contributed by atoms with Crippen molar-refractivity contribution in [1.29, 1.82) is 0 Å². The summed E-state index contributed by atoms with van der Waals surface area (Å²) in [6, 6.07) is 0. The number of hydrogen-bond acceptors (Lipinski definition) is 1. The Morgan fingerprint density at radius 2 is 1.54 bits per heavy atom. The fourth-order valence-corrected chi connectivity index (χ4v) is 1.94. The molecular weight excluding hydrogens is 160 g/mol. The summed E-state index contributed by atoms with van der Waals surface area (Å²) in [5.74, 6) is 0. The average Bonchev–Trinajstić information content (AvgIpc) is 2.17. The van der Waals surface area contributed by atoms with E-state index in [1.54, 1.807) is 0 Å². The third kappa shape index (κ3) is 4.63. The van der Waals surface area contributed by atoms with Gasteiger partial charge in [-0.15, -0.1) is 0 Å². The van der Waals surface area contributed by atoms with Crippen molar-refractivity contribution in [1.82, 2.24) is 0 Å². The molecule has 80 valence electrons. The highest BCUT2D eigenvalue weighted by Gasteiger charge is 2.20. The summed E-state index contributed by atoms with van der Waals surface area (Å²) < 4.78 is 1.22. The van der Waals surface area contributed by atoms with Crippen LogP contribution in [0.5, 0.6) is 0 Å². The van der Waals surface area contributed by atoms with Gasteiger partial charge in [-0.05, 0) is 26.7 Å². The maximum absolute atomic E-state index is 5.65. The smallest absolute Gasteiger partial charge is 0.0911 e. The van der Waals surface area contributed by atoms with Gasteiger partial charge in [-0.25, -0.2) is 0 Å². The Kier molecular flexibility index (Phi) is 7.29. The highest BCUT2D eigenvalue weighted by molar-refractivity contribution is 4.44. The number of nitrogens with two attached hydrogens (primary N) is 1. The van der Waals surface area contributed by atoms with Crippen LogP contribution in [0.25, 0.3) is 0 Å². The monoisotopic (exact) mass is 187 g/mol. The SMILES string of the molecule is CCCCC[N+](CC)(CC)CCN. The first-order chi connectivity index (χ1) is 6.24. The fraction of sp³-hybridized carbons (Fsp3) is 1.00. The van der Waals surface area contributed by atoms with Gasteiger partial charge in [-0.1, -0.05) is 13.3 Å². The lowest BCUT2D eigenvalue weighted by Crippen LogP contribution is -2.51. The van der Waals surface area contributed by atoms with Crippen LogP contribution >= 0.6 is 0 Å². The van der Waals surface area contributed by atoms with E-state index in [9.17, 15) is 0 Å². The second-order valence-electron chi connectivity index (χ2n) is 3.92. The van der Waals surface area contributed by atoms with Crippen molar-refractivity contribution in [2.75, 3.05) is 32.7 Å². The van der Waals surface area contributed by atoms with Crippen molar-refractivity contribution in [2.24, 2.45) is 5.73 Å². The van der Waals surface area contributed by atoms with Crippen molar-refractivity contribution in [3.63, 3.8) is 0 Å². The van der Waals surface area contributed by atoms with Gasteiger partial charge < -0.3 is 10.2 Å². The van der Waals surface area contributed by atoms with Crippen LogP contribution < -0.4 is 5.73 Å². The van der Waals surface area contributed by atoms with E-state index < -0.39 is 0 Å². The first kappa shape index (κ1) is 12.9. The van der Waals surface area contributed by atoms with Gasteiger partial charge in [0.15, 0.2) is 0 Å². The van der Waals surface area contributed by atoms with E-state index >= 15 is 0 Å². The molecule has 0 radical (unpaired) electrons. The molecule has 0 atom stereocenters. The van der Waals surface area contributed by atoms with Crippen LogP contribution in [0, 0.1) is 0 Å². The molecule has 0 aliphatic carbocycles. The van der Waals surface area contributed by atoms with E-state index in [1.807, 2.05) is 0 Å². The topological polar surface area (TPSA) is 26.0 Å². The van der Waals surface area contributed by atoms with Crippen molar-refractivity contribution >= 4 is 0 Å². The summed E-state index contributed by atoms with van der Waals surface area (Å²) in [6.45, 7) is 12.6. The van der Waals surface area contributed by atoms with Crippen molar-refractivity contribution in [3.8, 4) is 0 Å². The summed E-state index contributed by atoms with van der Waals surface area (Å²) in [6.07, 6.45) is 4.04. The summed E-state index contributed by atoms with van der Waals surface area (Å²) in [4.78, 5) is 0. The molecule has 0 bridgehead atoms. The van der Waals surface area contributed by atoms with Gasteiger partial charge in [0.2, 0.25) is 0 Å². The molecule has 0 unspecified atom stereocenters. The van der Waals surface area contributed by atoms with E-state index in [0.717, 1.165) is 13.1 Å². The zero-order chi connectivity index (χ0) is 10.2. The number of likely N-dealkylation sites (N-methyl/N-ethyl adjacent to an activating group) is 1. The number of nitrogens with zero attached hydrogens (tertiary/aromatic N) is 1. The van der Waals surface area contributed by atoms with Gasteiger partial charge in [0, 0.05) is 6.54 Å². The van der Waals surface area contributed by atoms with E-state index in [4.69, 9.17) is 5.73 Å². The van der Waals surface area contributed by atoms with Gasteiger partial charge in [-0.3, -0.25) is 0 Å². The minimum absolute atomic E-state index is 0.827. The second kappa shape index (κ2) is 7.34. The Bertz CT molecular complexity index is 109. The predicted molar refractivity (Wildman–Crippen MR) is 59.7 cm³/mol. The Balaban J connectivity index is 3.89. The van der Waals surface area contributed by atoms with E-state index in [2.05, 4.69) is 20.8 Å². The van der Waals surface area contributed by atoms with Crippen molar-refractivity contribution < 1.29 is 4.48 Å². The molecule has 0 aromatic rings. The Morgan fingerprint density at radius 3 is 1.92 bits per heavy atom. The molecule has 0 saturated carbocycles. The minimum atomic E-state index is 0.827. The molecule has 0 aromatic carbocycles. The van der Waals surface area contributed by atoms with Gasteiger partial charge in [0.05, 0.1) is 26.2 Å². The quantitative estimate of drug-likeness (QED) is 0.456. The lowest BCUT2D eigenvalue weighted by molar-refractivity contribution is -0.923. The van der Waals surface area contributed by atoms with Gasteiger partial charge >= 0.3 is 0 Å². The molecule has 0 rings (SSSR count). The van der Waals surface area contributed by atoms with Crippen LogP contribution in [0.15, 0.2) is 0 Å². The third-order valence-corrected chi connectivity index (χ3v) is 3.18. The van der Waals surface area contributed by atoms with Crippen LogP contribution in [0.2, 0.25) is 0 Å². The van der Waals surface area contributed by atoms with Crippen molar-refractivity contribution in [2.45, 2.75) is 40.0 Å². The number of quaternary nitrogens is 1. The standard InChI is InChI=1S/C11H27N2/c1-4-7-8-10-13(5-2,6-3)11-9-12/h4-12H2,1-3H3/q+1. The first-order valence-corrected chi connectivity index (χ1v) is 5.79. The molecule has 0 amide bonds. The van der Waals surface area contributed by atoms with Gasteiger partial charge in [-0.2, -0.15) is 0 Å². The zero-order valence-corrected chi connectivity index (χ0v) is 9.68. The zero-order valence-electron chi connectivity index (χ0n) is 9.68. The minimum Gasteiger partial charge on any atom is -0.326 e. The Hall–Kier alpha value is -0.0800. The molecule has 2 heteroatoms. The molecule has 0 aliphatic heterocycles. The first-order valence-electron chi connectivity index (χ1n) is 5.79. The number of unbranched alkanes of at least 4 members (excludes halogenated alkanes) is 2. The molecule has 0 aromatic heterocycles. The lowest BCUT2D eigenvalue weighted by Gasteiger charge is -2.36. The normalized spacial score (nSPS) is 12.0. The lowest BCUT2D eigenvalue weighted by atomic mass is 10.2. The molecule has 0 saturated heterocycles. The third-order valence-electron chi connectivity index (χ3n) is 3.18. The van der Waals surface area contributed by atoms with Crippen molar-refractivity contribution in [3.05, 3.63) is 0 Å². The molecular formula is C11H27N2+. The average molecular weight is 187 g/mol. The number of rotatable bonds is 8. The number of hydrogen-bond donors (Lipinski definition) is 1. The molecule has 0 spiro atoms. The fourth-order valence-electron chi connectivity index (χ4n) is 1.94. The highest BCUT2D eigenvalue weighted by atomic mass is 15.3. The van der Waals surface area contributed by atoms with Crippen LogP contribution in [0.1, 0.15) is 40.0 Å².